The molecule has 0 aliphatic carbocycles. The maximum atomic E-state index is 11.7. The maximum Gasteiger partial charge on any atom is 0.514 e. The van der Waals surface area contributed by atoms with Crippen LogP contribution in [-0.2, 0) is 4.74 Å². The molecule has 0 spiro atoms. The first-order chi connectivity index (χ1) is 8.81. The number of nitrogens with zero attached hydrogens (tertiary/aromatic N) is 1. The lowest BCUT2D eigenvalue weighted by Crippen LogP contribution is -2.52. The number of carbonyl (C=O) groups is 1. The Balaban J connectivity index is 1.55. The SMILES string of the molecule is O=C(Oc1ccccc1)O[C@H]1CN2CCC1CC2. The van der Waals surface area contributed by atoms with Crippen molar-refractivity contribution < 1.29 is 14.3 Å². The van der Waals surface area contributed by atoms with Crippen LogP contribution in [-0.4, -0.2) is 36.8 Å². The van der Waals surface area contributed by atoms with Crippen molar-refractivity contribution in [1.82, 2.24) is 4.90 Å². The Kier molecular flexibility index (Phi) is 3.19. The average molecular weight is 247 g/mol. The van der Waals surface area contributed by atoms with Crippen LogP contribution in [0.25, 0.3) is 0 Å². The molecule has 3 fully saturated rings. The van der Waals surface area contributed by atoms with E-state index in [1.54, 1.807) is 12.1 Å². The van der Waals surface area contributed by atoms with Gasteiger partial charge in [-0.05, 0) is 44.0 Å². The highest BCUT2D eigenvalue weighted by atomic mass is 16.7. The topological polar surface area (TPSA) is 38.8 Å². The highest BCUT2D eigenvalue weighted by Crippen LogP contribution is 2.29. The monoisotopic (exact) mass is 247 g/mol. The number of hydrogen-bond donors (Lipinski definition) is 0. The Hall–Kier alpha value is -1.55. The second-order valence-corrected chi connectivity index (χ2v) is 4.96. The van der Waals surface area contributed by atoms with Gasteiger partial charge in [0.1, 0.15) is 11.9 Å². The largest absolute Gasteiger partial charge is 0.514 e. The van der Waals surface area contributed by atoms with Crippen LogP contribution >= 0.6 is 0 Å². The number of para-hydroxylation sites is 1. The van der Waals surface area contributed by atoms with Crippen LogP contribution in [0, 0.1) is 5.92 Å². The van der Waals surface area contributed by atoms with E-state index in [1.807, 2.05) is 18.2 Å². The van der Waals surface area contributed by atoms with Gasteiger partial charge >= 0.3 is 6.16 Å². The molecule has 0 aromatic heterocycles. The van der Waals surface area contributed by atoms with E-state index in [-0.39, 0.29) is 6.10 Å². The van der Waals surface area contributed by atoms with Gasteiger partial charge in [-0.25, -0.2) is 4.79 Å². The number of piperidine rings is 3. The summed E-state index contributed by atoms with van der Waals surface area (Å²) in [6, 6.07) is 9.04. The number of carbonyl (C=O) groups excluding carboxylic acids is 1. The van der Waals surface area contributed by atoms with Crippen molar-refractivity contribution in [3.8, 4) is 5.75 Å². The van der Waals surface area contributed by atoms with Crippen LogP contribution in [0.1, 0.15) is 12.8 Å². The quantitative estimate of drug-likeness (QED) is 0.593. The van der Waals surface area contributed by atoms with Crippen LogP contribution in [0.4, 0.5) is 4.79 Å². The van der Waals surface area contributed by atoms with Crippen molar-refractivity contribution in [1.29, 1.82) is 0 Å². The van der Waals surface area contributed by atoms with Gasteiger partial charge in [0.05, 0.1) is 0 Å². The number of benzene rings is 1. The fraction of sp³-hybridized carbons (Fsp3) is 0.500. The van der Waals surface area contributed by atoms with Crippen molar-refractivity contribution in [3.63, 3.8) is 0 Å². The number of ether oxygens (including phenoxy) is 2. The van der Waals surface area contributed by atoms with E-state index in [0.717, 1.165) is 32.5 Å². The minimum atomic E-state index is -0.583. The van der Waals surface area contributed by atoms with Crippen LogP contribution in [0.5, 0.6) is 5.75 Å². The molecule has 1 aromatic carbocycles. The molecular weight excluding hydrogens is 230 g/mol. The van der Waals surface area contributed by atoms with E-state index in [0.29, 0.717) is 11.7 Å². The molecule has 0 amide bonds. The molecule has 1 atom stereocenters. The third kappa shape index (κ3) is 2.48. The summed E-state index contributed by atoms with van der Waals surface area (Å²) in [7, 11) is 0. The summed E-state index contributed by atoms with van der Waals surface area (Å²) in [4.78, 5) is 14.0. The first kappa shape index (κ1) is 11.5. The summed E-state index contributed by atoms with van der Waals surface area (Å²) in [5.41, 5.74) is 0. The Morgan fingerprint density at radius 1 is 1.17 bits per heavy atom. The second kappa shape index (κ2) is 4.98. The summed E-state index contributed by atoms with van der Waals surface area (Å²) in [5.74, 6) is 1.04. The van der Waals surface area contributed by atoms with Gasteiger partial charge in [0.2, 0.25) is 0 Å². The van der Waals surface area contributed by atoms with Gasteiger partial charge in [-0.2, -0.15) is 0 Å². The van der Waals surface area contributed by atoms with E-state index in [2.05, 4.69) is 4.90 Å². The van der Waals surface area contributed by atoms with Crippen LogP contribution in [0.3, 0.4) is 0 Å². The van der Waals surface area contributed by atoms with Crippen molar-refractivity contribution in [2.75, 3.05) is 19.6 Å². The molecule has 0 radical (unpaired) electrons. The highest BCUT2D eigenvalue weighted by molar-refractivity contribution is 5.64. The van der Waals surface area contributed by atoms with Gasteiger partial charge in [-0.3, -0.25) is 4.90 Å². The van der Waals surface area contributed by atoms with E-state index in [9.17, 15) is 4.79 Å². The van der Waals surface area contributed by atoms with Crippen molar-refractivity contribution in [3.05, 3.63) is 30.3 Å². The fourth-order valence-electron chi connectivity index (χ4n) is 2.78. The first-order valence-corrected chi connectivity index (χ1v) is 6.47. The van der Waals surface area contributed by atoms with Crippen LogP contribution in [0.15, 0.2) is 30.3 Å². The summed E-state index contributed by atoms with van der Waals surface area (Å²) >= 11 is 0. The fourth-order valence-corrected chi connectivity index (χ4v) is 2.78. The van der Waals surface area contributed by atoms with Crippen molar-refractivity contribution in [2.45, 2.75) is 18.9 Å². The molecule has 3 heterocycles. The van der Waals surface area contributed by atoms with E-state index in [4.69, 9.17) is 9.47 Å². The third-order valence-electron chi connectivity index (χ3n) is 3.79. The van der Waals surface area contributed by atoms with Gasteiger partial charge < -0.3 is 9.47 Å². The lowest BCUT2D eigenvalue weighted by Gasteiger charge is -2.43. The Morgan fingerprint density at radius 2 is 1.89 bits per heavy atom. The zero-order chi connectivity index (χ0) is 12.4. The van der Waals surface area contributed by atoms with Crippen LogP contribution in [0.2, 0.25) is 0 Å². The average Bonchev–Trinajstić information content (AvgIpc) is 2.41. The molecule has 2 bridgehead atoms. The van der Waals surface area contributed by atoms with E-state index in [1.165, 1.54) is 0 Å². The van der Waals surface area contributed by atoms with Gasteiger partial charge in [-0.1, -0.05) is 18.2 Å². The minimum absolute atomic E-state index is 0.00344. The van der Waals surface area contributed by atoms with Gasteiger partial charge in [-0.15, -0.1) is 0 Å². The Labute approximate surface area is 106 Å². The summed E-state index contributed by atoms with van der Waals surface area (Å²) < 4.78 is 10.6. The number of hydrogen-bond acceptors (Lipinski definition) is 4. The zero-order valence-corrected chi connectivity index (χ0v) is 10.2. The predicted octanol–water partition coefficient (Wildman–Crippen LogP) is 2.30. The van der Waals surface area contributed by atoms with Crippen molar-refractivity contribution >= 4 is 6.16 Å². The Bertz CT molecular complexity index is 412. The molecule has 18 heavy (non-hydrogen) atoms. The zero-order valence-electron chi connectivity index (χ0n) is 10.2. The lowest BCUT2D eigenvalue weighted by atomic mass is 9.86. The summed E-state index contributed by atoms with van der Waals surface area (Å²) in [5, 5.41) is 0. The molecule has 96 valence electrons. The predicted molar refractivity (Wildman–Crippen MR) is 66.5 cm³/mol. The molecule has 4 heteroatoms. The minimum Gasteiger partial charge on any atom is -0.429 e. The number of rotatable bonds is 2. The molecular formula is C14H17NO3. The molecule has 4 rings (SSSR count). The first-order valence-electron chi connectivity index (χ1n) is 6.47. The van der Waals surface area contributed by atoms with Gasteiger partial charge in [0.15, 0.2) is 0 Å². The standard InChI is InChI=1S/C14H17NO3/c16-14(17-12-4-2-1-3-5-12)18-13-10-15-8-6-11(13)7-9-15/h1-5,11,13H,6-10H2/t13-/m0/s1. The molecule has 3 aliphatic rings. The Morgan fingerprint density at radius 3 is 2.50 bits per heavy atom. The van der Waals surface area contributed by atoms with Gasteiger partial charge in [0.25, 0.3) is 0 Å². The van der Waals surface area contributed by atoms with E-state index >= 15 is 0 Å². The van der Waals surface area contributed by atoms with Crippen molar-refractivity contribution in [2.24, 2.45) is 5.92 Å². The molecule has 3 aliphatic heterocycles. The third-order valence-corrected chi connectivity index (χ3v) is 3.79. The highest BCUT2D eigenvalue weighted by Gasteiger charge is 2.36. The molecule has 4 nitrogen and oxygen atoms in total. The number of fused-ring (bicyclic) bond motifs is 3. The lowest BCUT2D eigenvalue weighted by molar-refractivity contribution is -0.0462. The smallest absolute Gasteiger partial charge is 0.429 e. The van der Waals surface area contributed by atoms with E-state index < -0.39 is 6.16 Å². The molecule has 0 saturated carbocycles. The molecule has 3 saturated heterocycles. The molecule has 0 N–H and O–H groups in total. The maximum absolute atomic E-state index is 11.7. The van der Waals surface area contributed by atoms with Crippen LogP contribution < -0.4 is 4.74 Å². The molecule has 1 aromatic rings. The second-order valence-electron chi connectivity index (χ2n) is 4.96. The summed E-state index contributed by atoms with van der Waals surface area (Å²) in [6.45, 7) is 3.13. The van der Waals surface area contributed by atoms with Gasteiger partial charge in [0, 0.05) is 6.54 Å². The summed E-state index contributed by atoms with van der Waals surface area (Å²) in [6.07, 6.45) is 1.68. The molecule has 0 unspecified atom stereocenters. The normalized spacial score (nSPS) is 29.9.